The highest BCUT2D eigenvalue weighted by Gasteiger charge is 2.00. The standard InChI is InChI=1S/C11H8N2/c12-7-8-3-1-5-10-9(8)4-2-6-11(10)13/h1-6H,13H2. The van der Waals surface area contributed by atoms with Gasteiger partial charge in [0.25, 0.3) is 0 Å². The number of nitrogens with zero attached hydrogens (tertiary/aromatic N) is 1. The van der Waals surface area contributed by atoms with Gasteiger partial charge in [-0.15, -0.1) is 0 Å². The highest BCUT2D eigenvalue weighted by atomic mass is 14.5. The Morgan fingerprint density at radius 3 is 2.46 bits per heavy atom. The highest BCUT2D eigenvalue weighted by Crippen LogP contribution is 2.23. The summed E-state index contributed by atoms with van der Waals surface area (Å²) >= 11 is 0. The van der Waals surface area contributed by atoms with Gasteiger partial charge in [-0.25, -0.2) is 0 Å². The predicted molar refractivity (Wildman–Crippen MR) is 53.1 cm³/mol. The molecule has 0 aliphatic rings. The lowest BCUT2D eigenvalue weighted by Crippen LogP contribution is -1.87. The normalized spacial score (nSPS) is 9.77. The van der Waals surface area contributed by atoms with Crippen molar-refractivity contribution in [1.29, 1.82) is 5.26 Å². The summed E-state index contributed by atoms with van der Waals surface area (Å²) < 4.78 is 0. The van der Waals surface area contributed by atoms with E-state index in [0.717, 1.165) is 16.5 Å². The molecule has 0 spiro atoms. The zero-order valence-electron chi connectivity index (χ0n) is 6.99. The molecule has 0 bridgehead atoms. The molecule has 2 rings (SSSR count). The van der Waals surface area contributed by atoms with Gasteiger partial charge in [0.05, 0.1) is 11.6 Å². The maximum absolute atomic E-state index is 8.84. The van der Waals surface area contributed by atoms with Crippen LogP contribution < -0.4 is 5.73 Å². The van der Waals surface area contributed by atoms with Crippen molar-refractivity contribution in [1.82, 2.24) is 0 Å². The zero-order chi connectivity index (χ0) is 9.26. The smallest absolute Gasteiger partial charge is 0.0998 e. The number of nitriles is 1. The lowest BCUT2D eigenvalue weighted by molar-refractivity contribution is 1.50. The Bertz CT molecular complexity index is 495. The van der Waals surface area contributed by atoms with Crippen LogP contribution in [0.3, 0.4) is 0 Å². The van der Waals surface area contributed by atoms with Crippen LogP contribution in [0.1, 0.15) is 5.56 Å². The molecule has 0 atom stereocenters. The number of fused-ring (bicyclic) bond motifs is 1. The van der Waals surface area contributed by atoms with Crippen LogP contribution in [-0.4, -0.2) is 0 Å². The van der Waals surface area contributed by atoms with Gasteiger partial charge in [-0.2, -0.15) is 5.26 Å². The average Bonchev–Trinajstić information content (AvgIpc) is 2.18. The molecule has 0 fully saturated rings. The van der Waals surface area contributed by atoms with Crippen molar-refractivity contribution in [2.75, 3.05) is 5.73 Å². The molecular formula is C11H8N2. The van der Waals surface area contributed by atoms with E-state index in [9.17, 15) is 0 Å². The Labute approximate surface area is 76.2 Å². The third-order valence-electron chi connectivity index (χ3n) is 2.08. The van der Waals surface area contributed by atoms with Gasteiger partial charge in [-0.1, -0.05) is 24.3 Å². The number of nitrogens with two attached hydrogens (primary N) is 1. The first-order chi connectivity index (χ1) is 6.33. The molecule has 0 saturated carbocycles. The van der Waals surface area contributed by atoms with Gasteiger partial charge in [0.1, 0.15) is 0 Å². The molecule has 13 heavy (non-hydrogen) atoms. The van der Waals surface area contributed by atoms with Crippen molar-refractivity contribution >= 4 is 16.5 Å². The largest absolute Gasteiger partial charge is 0.398 e. The second-order valence-electron chi connectivity index (χ2n) is 2.86. The summed E-state index contributed by atoms with van der Waals surface area (Å²) in [6.45, 7) is 0. The van der Waals surface area contributed by atoms with Gasteiger partial charge >= 0.3 is 0 Å². The lowest BCUT2D eigenvalue weighted by atomic mass is 10.0. The van der Waals surface area contributed by atoms with Crippen molar-refractivity contribution in [3.8, 4) is 6.07 Å². The quantitative estimate of drug-likeness (QED) is 0.613. The van der Waals surface area contributed by atoms with Gasteiger partial charge < -0.3 is 5.73 Å². The molecule has 2 nitrogen and oxygen atoms in total. The van der Waals surface area contributed by atoms with Crippen LogP contribution in [0, 0.1) is 11.3 Å². The Morgan fingerprint density at radius 1 is 1.00 bits per heavy atom. The zero-order valence-corrected chi connectivity index (χ0v) is 6.99. The third-order valence-corrected chi connectivity index (χ3v) is 2.08. The number of hydrogen-bond donors (Lipinski definition) is 1. The summed E-state index contributed by atoms with van der Waals surface area (Å²) in [6, 6.07) is 13.3. The Balaban J connectivity index is 2.94. The van der Waals surface area contributed by atoms with Gasteiger partial charge in [0, 0.05) is 16.5 Å². The minimum absolute atomic E-state index is 0.671. The summed E-state index contributed by atoms with van der Waals surface area (Å²) in [5, 5.41) is 10.7. The van der Waals surface area contributed by atoms with Crippen molar-refractivity contribution in [3.05, 3.63) is 42.0 Å². The lowest BCUT2D eigenvalue weighted by Gasteiger charge is -2.01. The first kappa shape index (κ1) is 7.63. The third kappa shape index (κ3) is 1.11. The van der Waals surface area contributed by atoms with Crippen LogP contribution in [0.2, 0.25) is 0 Å². The molecule has 0 aliphatic heterocycles. The molecular weight excluding hydrogens is 160 g/mol. The average molecular weight is 168 g/mol. The molecule has 0 heterocycles. The number of rotatable bonds is 0. The van der Waals surface area contributed by atoms with E-state index < -0.39 is 0 Å². The Hall–Kier alpha value is -2.01. The van der Waals surface area contributed by atoms with E-state index in [1.165, 1.54) is 0 Å². The van der Waals surface area contributed by atoms with E-state index in [1.54, 1.807) is 6.07 Å². The van der Waals surface area contributed by atoms with Crippen LogP contribution in [0.15, 0.2) is 36.4 Å². The van der Waals surface area contributed by atoms with E-state index in [2.05, 4.69) is 6.07 Å². The first-order valence-corrected chi connectivity index (χ1v) is 4.00. The molecule has 0 radical (unpaired) electrons. The van der Waals surface area contributed by atoms with E-state index >= 15 is 0 Å². The van der Waals surface area contributed by atoms with E-state index in [1.807, 2.05) is 30.3 Å². The molecule has 2 N–H and O–H groups in total. The maximum atomic E-state index is 8.84. The van der Waals surface area contributed by atoms with E-state index in [-0.39, 0.29) is 0 Å². The monoisotopic (exact) mass is 168 g/mol. The van der Waals surface area contributed by atoms with Crippen molar-refractivity contribution in [3.63, 3.8) is 0 Å². The second kappa shape index (κ2) is 2.80. The summed E-state index contributed by atoms with van der Waals surface area (Å²) in [7, 11) is 0. The molecule has 0 unspecified atom stereocenters. The first-order valence-electron chi connectivity index (χ1n) is 4.00. The van der Waals surface area contributed by atoms with Crippen LogP contribution in [0.5, 0.6) is 0 Å². The van der Waals surface area contributed by atoms with Crippen LogP contribution in [0.25, 0.3) is 10.8 Å². The summed E-state index contributed by atoms with van der Waals surface area (Å²) in [5.74, 6) is 0. The van der Waals surface area contributed by atoms with Crippen molar-refractivity contribution < 1.29 is 0 Å². The molecule has 2 aromatic rings. The van der Waals surface area contributed by atoms with Crippen molar-refractivity contribution in [2.24, 2.45) is 0 Å². The Kier molecular flexibility index (Phi) is 1.64. The molecule has 0 aromatic heterocycles. The Morgan fingerprint density at radius 2 is 1.69 bits per heavy atom. The van der Waals surface area contributed by atoms with Gasteiger partial charge in [0.15, 0.2) is 0 Å². The predicted octanol–water partition coefficient (Wildman–Crippen LogP) is 2.29. The fourth-order valence-corrected chi connectivity index (χ4v) is 1.43. The molecule has 2 aromatic carbocycles. The van der Waals surface area contributed by atoms with Crippen LogP contribution in [-0.2, 0) is 0 Å². The second-order valence-corrected chi connectivity index (χ2v) is 2.86. The summed E-state index contributed by atoms with van der Waals surface area (Å²) in [4.78, 5) is 0. The van der Waals surface area contributed by atoms with Gasteiger partial charge in [0.2, 0.25) is 0 Å². The maximum Gasteiger partial charge on any atom is 0.0998 e. The number of anilines is 1. The van der Waals surface area contributed by atoms with E-state index in [0.29, 0.717) is 5.56 Å². The fourth-order valence-electron chi connectivity index (χ4n) is 1.43. The number of nitrogen functional groups attached to an aromatic ring is 1. The van der Waals surface area contributed by atoms with Crippen LogP contribution in [0.4, 0.5) is 5.69 Å². The molecule has 62 valence electrons. The minimum Gasteiger partial charge on any atom is -0.398 e. The molecule has 2 heteroatoms. The SMILES string of the molecule is N#Cc1cccc2c(N)cccc12. The van der Waals surface area contributed by atoms with Gasteiger partial charge in [-0.3, -0.25) is 0 Å². The molecule has 0 saturated heterocycles. The van der Waals surface area contributed by atoms with Crippen LogP contribution >= 0.6 is 0 Å². The number of benzene rings is 2. The fraction of sp³-hybridized carbons (Fsp3) is 0. The molecule has 0 amide bonds. The topological polar surface area (TPSA) is 49.8 Å². The van der Waals surface area contributed by atoms with Gasteiger partial charge in [-0.05, 0) is 12.1 Å². The number of hydrogen-bond acceptors (Lipinski definition) is 2. The molecule has 0 aliphatic carbocycles. The van der Waals surface area contributed by atoms with Crippen molar-refractivity contribution in [2.45, 2.75) is 0 Å². The van der Waals surface area contributed by atoms with E-state index in [4.69, 9.17) is 11.0 Å². The summed E-state index contributed by atoms with van der Waals surface area (Å²) in [6.07, 6.45) is 0. The highest BCUT2D eigenvalue weighted by molar-refractivity contribution is 5.96. The minimum atomic E-state index is 0.671. The summed E-state index contributed by atoms with van der Waals surface area (Å²) in [5.41, 5.74) is 7.16.